The van der Waals surface area contributed by atoms with Gasteiger partial charge in [-0.25, -0.2) is 0 Å². The van der Waals surface area contributed by atoms with Crippen LogP contribution in [0.15, 0.2) is 0 Å². The van der Waals surface area contributed by atoms with E-state index in [9.17, 15) is 0 Å². The normalized spacial score (nSPS) is 19.3. The molecule has 0 aromatic heterocycles. The summed E-state index contributed by atoms with van der Waals surface area (Å²) in [5.74, 6) is -0.629. The van der Waals surface area contributed by atoms with Crippen molar-refractivity contribution in [1.29, 1.82) is 0 Å². The van der Waals surface area contributed by atoms with Crippen LogP contribution in [0.4, 0.5) is 0 Å². The molecule has 1 fully saturated rings. The minimum atomic E-state index is -0.629. The Kier molecular flexibility index (Phi) is 8.04. The van der Waals surface area contributed by atoms with E-state index < -0.39 is 5.79 Å². The van der Waals surface area contributed by atoms with Gasteiger partial charge in [-0.15, -0.1) is 0 Å². The number of methoxy groups -OCH3 is 2. The van der Waals surface area contributed by atoms with E-state index in [0.717, 1.165) is 42.3 Å². The fourth-order valence-corrected chi connectivity index (χ4v) is 1.96. The van der Waals surface area contributed by atoms with E-state index in [1.165, 1.54) is 0 Å². The summed E-state index contributed by atoms with van der Waals surface area (Å²) in [4.78, 5) is 0. The van der Waals surface area contributed by atoms with Crippen LogP contribution in [0.5, 0.6) is 0 Å². The van der Waals surface area contributed by atoms with Crippen LogP contribution >= 0.6 is 0 Å². The Morgan fingerprint density at radius 2 is 1.94 bits per heavy atom. The standard InChI is InChI=1S/C12H26O5Si/c1-13-12(14-2,10-16-6-7-18)4-3-5-15-8-11-9-17-11/h11H,3-10H2,1-2,18H3. The van der Waals surface area contributed by atoms with Gasteiger partial charge in [0.1, 0.15) is 12.7 Å². The average molecular weight is 278 g/mol. The summed E-state index contributed by atoms with van der Waals surface area (Å²) in [5, 5.41) is 0. The van der Waals surface area contributed by atoms with E-state index in [1.807, 2.05) is 0 Å². The van der Waals surface area contributed by atoms with Gasteiger partial charge >= 0.3 is 0 Å². The second kappa shape index (κ2) is 9.01. The van der Waals surface area contributed by atoms with Crippen molar-refractivity contribution in [1.82, 2.24) is 0 Å². The lowest BCUT2D eigenvalue weighted by molar-refractivity contribution is -0.239. The minimum absolute atomic E-state index is 0.330. The molecule has 0 aromatic rings. The Morgan fingerprint density at radius 3 is 2.50 bits per heavy atom. The van der Waals surface area contributed by atoms with E-state index in [2.05, 4.69) is 0 Å². The highest BCUT2D eigenvalue weighted by molar-refractivity contribution is 6.08. The summed E-state index contributed by atoms with van der Waals surface area (Å²) < 4.78 is 27.0. The topological polar surface area (TPSA) is 49.5 Å². The molecule has 1 unspecified atom stereocenters. The van der Waals surface area contributed by atoms with Crippen LogP contribution in [-0.4, -0.2) is 69.4 Å². The predicted molar refractivity (Wildman–Crippen MR) is 72.1 cm³/mol. The zero-order chi connectivity index (χ0) is 13.3. The molecule has 1 aliphatic heterocycles. The molecule has 0 spiro atoms. The van der Waals surface area contributed by atoms with Gasteiger partial charge in [0, 0.05) is 44.1 Å². The lowest BCUT2D eigenvalue weighted by atomic mass is 10.1. The number of hydrogen-bond donors (Lipinski definition) is 0. The van der Waals surface area contributed by atoms with E-state index in [0.29, 0.717) is 25.9 Å². The summed E-state index contributed by atoms with van der Waals surface area (Å²) in [6, 6.07) is 1.13. The Labute approximate surface area is 112 Å². The Balaban J connectivity index is 2.13. The van der Waals surface area contributed by atoms with Crippen molar-refractivity contribution in [3.63, 3.8) is 0 Å². The molecule has 1 saturated heterocycles. The molecule has 5 nitrogen and oxygen atoms in total. The SMILES string of the molecule is COC(CCCOCC1CO1)(COCC[SiH3])OC. The molecule has 18 heavy (non-hydrogen) atoms. The second-order valence-electron chi connectivity index (χ2n) is 4.51. The lowest BCUT2D eigenvalue weighted by Gasteiger charge is -2.30. The maximum atomic E-state index is 5.56. The first-order chi connectivity index (χ1) is 8.76. The molecule has 1 rings (SSSR count). The van der Waals surface area contributed by atoms with Gasteiger partial charge in [0.05, 0.1) is 13.2 Å². The van der Waals surface area contributed by atoms with Gasteiger partial charge in [0.15, 0.2) is 5.79 Å². The molecule has 0 radical (unpaired) electrons. The van der Waals surface area contributed by atoms with E-state index in [1.54, 1.807) is 14.2 Å². The number of hydrogen-bond acceptors (Lipinski definition) is 5. The molecular formula is C12H26O5Si. The van der Waals surface area contributed by atoms with Gasteiger partial charge in [-0.3, -0.25) is 0 Å². The molecule has 1 aliphatic rings. The molecule has 0 aliphatic carbocycles. The van der Waals surface area contributed by atoms with Crippen molar-refractivity contribution in [2.75, 3.05) is 47.3 Å². The van der Waals surface area contributed by atoms with E-state index >= 15 is 0 Å². The largest absolute Gasteiger partial charge is 0.379 e. The van der Waals surface area contributed by atoms with Crippen molar-refractivity contribution >= 4 is 10.2 Å². The molecule has 0 N–H and O–H groups in total. The Morgan fingerprint density at radius 1 is 1.22 bits per heavy atom. The van der Waals surface area contributed by atoms with Crippen LogP contribution < -0.4 is 0 Å². The molecule has 1 atom stereocenters. The molecular weight excluding hydrogens is 252 g/mol. The van der Waals surface area contributed by atoms with Gasteiger partial charge < -0.3 is 23.7 Å². The number of epoxide rings is 1. The van der Waals surface area contributed by atoms with Crippen molar-refractivity contribution in [3.8, 4) is 0 Å². The van der Waals surface area contributed by atoms with Gasteiger partial charge in [-0.2, -0.15) is 0 Å². The summed E-state index contributed by atoms with van der Waals surface area (Å²) >= 11 is 0. The summed E-state index contributed by atoms with van der Waals surface area (Å²) in [7, 11) is 4.48. The van der Waals surface area contributed by atoms with Crippen molar-refractivity contribution in [2.45, 2.75) is 30.8 Å². The quantitative estimate of drug-likeness (QED) is 0.217. The maximum absolute atomic E-state index is 5.56. The third-order valence-electron chi connectivity index (χ3n) is 2.97. The van der Waals surface area contributed by atoms with Crippen LogP contribution in [0.1, 0.15) is 12.8 Å². The first kappa shape index (κ1) is 16.1. The Bertz CT molecular complexity index is 207. The van der Waals surface area contributed by atoms with Crippen molar-refractivity contribution < 1.29 is 23.7 Å². The van der Waals surface area contributed by atoms with Crippen LogP contribution in [0, 0.1) is 0 Å². The van der Waals surface area contributed by atoms with Gasteiger partial charge in [0.25, 0.3) is 0 Å². The zero-order valence-corrected chi connectivity index (χ0v) is 13.8. The van der Waals surface area contributed by atoms with Crippen LogP contribution in [0.3, 0.4) is 0 Å². The second-order valence-corrected chi connectivity index (χ2v) is 5.51. The zero-order valence-electron chi connectivity index (χ0n) is 11.8. The molecule has 0 saturated carbocycles. The molecule has 0 aromatic carbocycles. The van der Waals surface area contributed by atoms with Crippen molar-refractivity contribution in [2.24, 2.45) is 0 Å². The van der Waals surface area contributed by atoms with Crippen LogP contribution in [0.25, 0.3) is 0 Å². The third-order valence-corrected chi connectivity index (χ3v) is 3.38. The molecule has 0 amide bonds. The maximum Gasteiger partial charge on any atom is 0.191 e. The molecule has 6 heteroatoms. The molecule has 0 bridgehead atoms. The Hall–Kier alpha value is 0.0169. The van der Waals surface area contributed by atoms with Gasteiger partial charge in [0.2, 0.25) is 0 Å². The highest BCUT2D eigenvalue weighted by Gasteiger charge is 2.29. The average Bonchev–Trinajstić information content (AvgIpc) is 3.21. The summed E-state index contributed by atoms with van der Waals surface area (Å²) in [6.07, 6.45) is 1.99. The van der Waals surface area contributed by atoms with Gasteiger partial charge in [-0.05, 0) is 12.5 Å². The number of ether oxygens (including phenoxy) is 5. The fourth-order valence-electron chi connectivity index (χ4n) is 1.67. The third kappa shape index (κ3) is 6.26. The smallest absolute Gasteiger partial charge is 0.191 e. The lowest BCUT2D eigenvalue weighted by Crippen LogP contribution is -2.39. The van der Waals surface area contributed by atoms with Gasteiger partial charge in [-0.1, -0.05) is 0 Å². The molecule has 1 heterocycles. The van der Waals surface area contributed by atoms with E-state index in [4.69, 9.17) is 23.7 Å². The predicted octanol–water partition coefficient (Wildman–Crippen LogP) is -0.0286. The first-order valence-corrected chi connectivity index (χ1v) is 8.05. The fraction of sp³-hybridized carbons (Fsp3) is 1.00. The summed E-state index contributed by atoms with van der Waals surface area (Å²) in [6.45, 7) is 3.51. The minimum Gasteiger partial charge on any atom is -0.379 e. The number of rotatable bonds is 12. The highest BCUT2D eigenvalue weighted by Crippen LogP contribution is 2.19. The van der Waals surface area contributed by atoms with Crippen LogP contribution in [-0.2, 0) is 23.7 Å². The highest BCUT2D eigenvalue weighted by atomic mass is 28.1. The summed E-state index contributed by atoms with van der Waals surface area (Å²) in [5.41, 5.74) is 0. The first-order valence-electron chi connectivity index (χ1n) is 6.63. The van der Waals surface area contributed by atoms with E-state index in [-0.39, 0.29) is 0 Å². The monoisotopic (exact) mass is 278 g/mol. The van der Waals surface area contributed by atoms with Crippen molar-refractivity contribution in [3.05, 3.63) is 0 Å². The molecule has 108 valence electrons. The van der Waals surface area contributed by atoms with Crippen LogP contribution in [0.2, 0.25) is 6.04 Å².